The fourth-order valence-corrected chi connectivity index (χ4v) is 2.18. The highest BCUT2D eigenvalue weighted by Crippen LogP contribution is 2.15. The Bertz CT molecular complexity index is 396. The molecule has 0 radical (unpaired) electrons. The summed E-state index contributed by atoms with van der Waals surface area (Å²) in [5.41, 5.74) is 0. The summed E-state index contributed by atoms with van der Waals surface area (Å²) in [5.74, 6) is -2.38. The number of rotatable bonds is 2. The van der Waals surface area contributed by atoms with Crippen molar-refractivity contribution in [2.75, 3.05) is 0 Å². The van der Waals surface area contributed by atoms with E-state index in [1.165, 1.54) is 0 Å². The zero-order valence-electron chi connectivity index (χ0n) is 11.3. The van der Waals surface area contributed by atoms with Crippen LogP contribution in [0, 0.1) is 11.8 Å². The highest BCUT2D eigenvalue weighted by atomic mass is 16.4. The Balaban J connectivity index is 0.000000200. The van der Waals surface area contributed by atoms with Crippen LogP contribution in [0.15, 0.2) is 0 Å². The fourth-order valence-electron chi connectivity index (χ4n) is 2.18. The number of nitrogens with one attached hydrogen (secondary N) is 2. The average molecular weight is 286 g/mol. The van der Waals surface area contributed by atoms with Gasteiger partial charge in [0.25, 0.3) is 0 Å². The first kappa shape index (κ1) is 15.9. The maximum Gasteiger partial charge on any atom is 0.326 e. The first-order valence-corrected chi connectivity index (χ1v) is 6.26. The number of aliphatic carboxylic acids is 2. The second kappa shape index (κ2) is 6.36. The standard InChI is InChI=1S/2C6H9NO3/c2*1-3-2-4(8)7-5(3)6(9)10/h2*3,5H,2H2,1H3,(H,7,8)(H,9,10)/t2*3-,5-/m10/s1. The number of amides is 2. The molecule has 2 aliphatic rings. The zero-order valence-corrected chi connectivity index (χ0v) is 11.3. The lowest BCUT2D eigenvalue weighted by atomic mass is 10.0. The molecule has 2 saturated heterocycles. The van der Waals surface area contributed by atoms with Gasteiger partial charge in [0.2, 0.25) is 11.8 Å². The summed E-state index contributed by atoms with van der Waals surface area (Å²) in [5, 5.41) is 21.7. The highest BCUT2D eigenvalue weighted by molar-refractivity contribution is 5.88. The molecule has 0 aliphatic carbocycles. The Labute approximate surface area is 115 Å². The van der Waals surface area contributed by atoms with Crippen LogP contribution in [0.25, 0.3) is 0 Å². The molecule has 0 aromatic heterocycles. The van der Waals surface area contributed by atoms with Crippen molar-refractivity contribution < 1.29 is 29.4 Å². The Morgan fingerprint density at radius 1 is 0.900 bits per heavy atom. The van der Waals surface area contributed by atoms with Crippen LogP contribution in [0.3, 0.4) is 0 Å². The van der Waals surface area contributed by atoms with Crippen molar-refractivity contribution in [3.63, 3.8) is 0 Å². The number of carboxylic acids is 2. The molecule has 2 fully saturated rings. The van der Waals surface area contributed by atoms with Gasteiger partial charge in [-0.25, -0.2) is 9.59 Å². The van der Waals surface area contributed by atoms with Crippen molar-refractivity contribution in [3.8, 4) is 0 Å². The lowest BCUT2D eigenvalue weighted by Gasteiger charge is -2.07. The van der Waals surface area contributed by atoms with Gasteiger partial charge in [-0.05, 0) is 11.8 Å². The van der Waals surface area contributed by atoms with E-state index < -0.39 is 24.0 Å². The van der Waals surface area contributed by atoms with Crippen molar-refractivity contribution in [2.45, 2.75) is 38.8 Å². The third-order valence-electron chi connectivity index (χ3n) is 3.32. The Kier molecular flexibility index (Phi) is 5.06. The van der Waals surface area contributed by atoms with Gasteiger partial charge >= 0.3 is 11.9 Å². The van der Waals surface area contributed by atoms with Gasteiger partial charge in [-0.3, -0.25) is 9.59 Å². The largest absolute Gasteiger partial charge is 0.480 e. The van der Waals surface area contributed by atoms with Crippen LogP contribution in [-0.2, 0) is 19.2 Å². The van der Waals surface area contributed by atoms with E-state index in [0.717, 1.165) is 0 Å². The predicted octanol–water partition coefficient (Wildman–Crippen LogP) is -0.809. The number of carboxylic acid groups (broad SMARTS) is 2. The van der Waals surface area contributed by atoms with Gasteiger partial charge in [0.05, 0.1) is 0 Å². The zero-order chi connectivity index (χ0) is 15.4. The lowest BCUT2D eigenvalue weighted by Crippen LogP contribution is -2.35. The molecule has 112 valence electrons. The first-order valence-electron chi connectivity index (χ1n) is 6.26. The summed E-state index contributed by atoms with van der Waals surface area (Å²) in [4.78, 5) is 41.9. The van der Waals surface area contributed by atoms with Crippen LogP contribution in [0.4, 0.5) is 0 Å². The minimum absolute atomic E-state index is 0.0787. The molecule has 8 heteroatoms. The Morgan fingerprint density at radius 3 is 1.30 bits per heavy atom. The summed E-state index contributed by atoms with van der Waals surface area (Å²) in [6, 6.07) is -1.35. The average Bonchev–Trinajstić information content (AvgIpc) is 2.82. The number of hydrogen-bond acceptors (Lipinski definition) is 4. The first-order chi connectivity index (χ1) is 9.22. The van der Waals surface area contributed by atoms with Crippen molar-refractivity contribution >= 4 is 23.8 Å². The Morgan fingerprint density at radius 2 is 1.20 bits per heavy atom. The third kappa shape index (κ3) is 3.94. The molecule has 0 bridgehead atoms. The smallest absolute Gasteiger partial charge is 0.326 e. The summed E-state index contributed by atoms with van der Waals surface area (Å²) >= 11 is 0. The maximum atomic E-state index is 10.6. The molecular formula is C12H18N2O6. The molecule has 2 rings (SSSR count). The monoisotopic (exact) mass is 286 g/mol. The maximum absolute atomic E-state index is 10.6. The molecule has 4 atom stereocenters. The topological polar surface area (TPSA) is 133 Å². The highest BCUT2D eigenvalue weighted by Gasteiger charge is 2.34. The van der Waals surface area contributed by atoms with E-state index in [2.05, 4.69) is 10.6 Å². The van der Waals surface area contributed by atoms with Crippen LogP contribution >= 0.6 is 0 Å². The minimum Gasteiger partial charge on any atom is -0.480 e. The van der Waals surface area contributed by atoms with Gasteiger partial charge in [0.1, 0.15) is 12.1 Å². The molecule has 20 heavy (non-hydrogen) atoms. The molecule has 0 aromatic carbocycles. The van der Waals surface area contributed by atoms with E-state index in [0.29, 0.717) is 12.8 Å². The van der Waals surface area contributed by atoms with Gasteiger partial charge in [0, 0.05) is 12.8 Å². The normalized spacial score (nSPS) is 31.9. The molecule has 2 aliphatic heterocycles. The summed E-state index contributed by atoms with van der Waals surface area (Å²) in [6.07, 6.45) is 0.661. The second-order valence-electron chi connectivity index (χ2n) is 5.13. The van der Waals surface area contributed by atoms with Crippen LogP contribution in [0.5, 0.6) is 0 Å². The van der Waals surface area contributed by atoms with Gasteiger partial charge < -0.3 is 20.8 Å². The summed E-state index contributed by atoms with van der Waals surface area (Å²) in [6.45, 7) is 3.49. The van der Waals surface area contributed by atoms with E-state index in [4.69, 9.17) is 10.2 Å². The molecule has 0 spiro atoms. The van der Waals surface area contributed by atoms with E-state index in [9.17, 15) is 19.2 Å². The lowest BCUT2D eigenvalue weighted by molar-refractivity contribution is -0.141. The van der Waals surface area contributed by atoms with E-state index in [1.807, 2.05) is 0 Å². The molecular weight excluding hydrogens is 268 g/mol. The summed E-state index contributed by atoms with van der Waals surface area (Å²) < 4.78 is 0. The fraction of sp³-hybridized carbons (Fsp3) is 0.667. The minimum atomic E-state index is -0.946. The van der Waals surface area contributed by atoms with Crippen LogP contribution < -0.4 is 10.6 Å². The van der Waals surface area contributed by atoms with Gasteiger partial charge in [-0.2, -0.15) is 0 Å². The van der Waals surface area contributed by atoms with Crippen molar-refractivity contribution in [1.29, 1.82) is 0 Å². The Hall–Kier alpha value is -2.12. The molecule has 2 heterocycles. The number of carbonyl (C=O) groups is 4. The molecule has 0 aromatic rings. The second-order valence-corrected chi connectivity index (χ2v) is 5.13. The van der Waals surface area contributed by atoms with E-state index in [1.54, 1.807) is 13.8 Å². The predicted molar refractivity (Wildman–Crippen MR) is 66.7 cm³/mol. The SMILES string of the molecule is C[C@@H]1CC(=O)N[C@H]1C(=O)O.C[C@H]1CC(=O)N[C@@H]1C(=O)O. The molecule has 8 nitrogen and oxygen atoms in total. The molecule has 4 N–H and O–H groups in total. The van der Waals surface area contributed by atoms with Crippen LogP contribution in [-0.4, -0.2) is 46.0 Å². The molecule has 0 saturated carbocycles. The summed E-state index contributed by atoms with van der Waals surface area (Å²) in [7, 11) is 0. The number of hydrogen-bond donors (Lipinski definition) is 4. The van der Waals surface area contributed by atoms with E-state index >= 15 is 0 Å². The quantitative estimate of drug-likeness (QED) is 0.525. The van der Waals surface area contributed by atoms with Crippen molar-refractivity contribution in [2.24, 2.45) is 11.8 Å². The van der Waals surface area contributed by atoms with Gasteiger partial charge in [-0.15, -0.1) is 0 Å². The number of carbonyl (C=O) groups excluding carboxylic acids is 2. The van der Waals surface area contributed by atoms with Crippen molar-refractivity contribution in [3.05, 3.63) is 0 Å². The van der Waals surface area contributed by atoms with Gasteiger partial charge in [-0.1, -0.05) is 13.8 Å². The van der Waals surface area contributed by atoms with Gasteiger partial charge in [0.15, 0.2) is 0 Å². The van der Waals surface area contributed by atoms with Crippen LogP contribution in [0.2, 0.25) is 0 Å². The third-order valence-corrected chi connectivity index (χ3v) is 3.32. The van der Waals surface area contributed by atoms with Crippen molar-refractivity contribution in [1.82, 2.24) is 10.6 Å². The molecule has 0 unspecified atom stereocenters. The molecule has 2 amide bonds. The van der Waals surface area contributed by atoms with E-state index in [-0.39, 0.29) is 23.7 Å². The van der Waals surface area contributed by atoms with Crippen LogP contribution in [0.1, 0.15) is 26.7 Å².